The number of methoxy groups -OCH3 is 1. The van der Waals surface area contributed by atoms with Crippen LogP contribution in [-0.2, 0) is 14.3 Å². The Morgan fingerprint density at radius 1 is 1.36 bits per heavy atom. The first-order chi connectivity index (χ1) is 6.22. The van der Waals surface area contributed by atoms with E-state index in [4.69, 9.17) is 10.5 Å². The average molecular weight is 224 g/mol. The molecule has 0 atom stereocenters. The molecule has 0 amide bonds. The summed E-state index contributed by atoms with van der Waals surface area (Å²) in [5.41, 5.74) is 5.73. The number of hydrogen-bond donors (Lipinski definition) is 1. The second-order valence-corrected chi connectivity index (χ2v) is 3.42. The Balaban J connectivity index is 0.00000169. The highest BCUT2D eigenvalue weighted by Crippen LogP contribution is 2.19. The molecule has 2 N–H and O–H groups in total. The first kappa shape index (κ1) is 13.7. The number of carbonyl (C=O) groups is 1. The Morgan fingerprint density at radius 3 is 2.43 bits per heavy atom. The Kier molecular flexibility index (Phi) is 6.87. The molecule has 0 bridgehead atoms. The topological polar surface area (TPSA) is 61.5 Å². The van der Waals surface area contributed by atoms with Crippen LogP contribution < -0.4 is 5.73 Å². The Hall–Kier alpha value is -0.320. The molecule has 1 saturated carbocycles. The van der Waals surface area contributed by atoms with Crippen molar-refractivity contribution in [2.45, 2.75) is 37.8 Å². The number of rotatable bonds is 3. The zero-order chi connectivity index (χ0) is 9.68. The van der Waals surface area contributed by atoms with Crippen molar-refractivity contribution in [2.75, 3.05) is 13.7 Å². The lowest BCUT2D eigenvalue weighted by molar-refractivity contribution is -0.148. The first-order valence-corrected chi connectivity index (χ1v) is 4.66. The molecule has 0 spiro atoms. The minimum atomic E-state index is -0.310. The van der Waals surface area contributed by atoms with Crippen LogP contribution in [0.25, 0.3) is 0 Å². The molecule has 0 aromatic rings. The van der Waals surface area contributed by atoms with Crippen LogP contribution in [0.4, 0.5) is 0 Å². The van der Waals surface area contributed by atoms with Gasteiger partial charge in [-0.15, -0.1) is 12.4 Å². The molecule has 1 rings (SSSR count). The van der Waals surface area contributed by atoms with Gasteiger partial charge in [-0.2, -0.15) is 0 Å². The van der Waals surface area contributed by atoms with E-state index in [-0.39, 0.29) is 31.1 Å². The molecule has 1 fully saturated rings. The summed E-state index contributed by atoms with van der Waals surface area (Å²) < 4.78 is 9.83. The lowest BCUT2D eigenvalue weighted by Gasteiger charge is -2.25. The highest BCUT2D eigenvalue weighted by Gasteiger charge is 2.19. The standard InChI is InChI=1S/C9H17NO3.ClH/c1-12-9(11)6-13-8-4-2-7(10)3-5-8;/h7-8H,2-6,10H2,1H3;1H. The smallest absolute Gasteiger partial charge is 0.331 e. The molecule has 0 saturated heterocycles. The van der Waals surface area contributed by atoms with Crippen LogP contribution in [0.15, 0.2) is 0 Å². The summed E-state index contributed by atoms with van der Waals surface area (Å²) in [4.78, 5) is 10.7. The maximum absolute atomic E-state index is 10.7. The van der Waals surface area contributed by atoms with Crippen LogP contribution in [0.2, 0.25) is 0 Å². The molecule has 0 unspecified atom stereocenters. The first-order valence-electron chi connectivity index (χ1n) is 4.66. The molecule has 14 heavy (non-hydrogen) atoms. The molecular formula is C9H18ClNO3. The van der Waals surface area contributed by atoms with Gasteiger partial charge in [0.15, 0.2) is 0 Å². The van der Waals surface area contributed by atoms with Crippen molar-refractivity contribution in [3.05, 3.63) is 0 Å². The summed E-state index contributed by atoms with van der Waals surface area (Å²) >= 11 is 0. The number of halogens is 1. The summed E-state index contributed by atoms with van der Waals surface area (Å²) in [5, 5.41) is 0. The minimum Gasteiger partial charge on any atom is -0.467 e. The van der Waals surface area contributed by atoms with Crippen LogP contribution in [0, 0.1) is 0 Å². The summed E-state index contributed by atoms with van der Waals surface area (Å²) in [5.74, 6) is -0.310. The van der Waals surface area contributed by atoms with E-state index in [9.17, 15) is 4.79 Å². The summed E-state index contributed by atoms with van der Waals surface area (Å²) in [7, 11) is 1.36. The molecular weight excluding hydrogens is 206 g/mol. The number of hydrogen-bond acceptors (Lipinski definition) is 4. The van der Waals surface area contributed by atoms with Crippen molar-refractivity contribution in [2.24, 2.45) is 5.73 Å². The highest BCUT2D eigenvalue weighted by molar-refractivity contribution is 5.85. The van der Waals surface area contributed by atoms with Crippen molar-refractivity contribution >= 4 is 18.4 Å². The Bertz CT molecular complexity index is 169. The molecule has 5 heteroatoms. The van der Waals surface area contributed by atoms with E-state index in [1.807, 2.05) is 0 Å². The van der Waals surface area contributed by atoms with E-state index < -0.39 is 0 Å². The van der Waals surface area contributed by atoms with Crippen LogP contribution in [0.5, 0.6) is 0 Å². The van der Waals surface area contributed by atoms with E-state index >= 15 is 0 Å². The lowest BCUT2D eigenvalue weighted by atomic mass is 9.94. The van der Waals surface area contributed by atoms with Crippen molar-refractivity contribution in [1.29, 1.82) is 0 Å². The Morgan fingerprint density at radius 2 is 1.93 bits per heavy atom. The highest BCUT2D eigenvalue weighted by atomic mass is 35.5. The van der Waals surface area contributed by atoms with E-state index in [0.717, 1.165) is 25.7 Å². The second-order valence-electron chi connectivity index (χ2n) is 3.42. The van der Waals surface area contributed by atoms with Gasteiger partial charge in [-0.05, 0) is 25.7 Å². The molecule has 84 valence electrons. The number of carbonyl (C=O) groups excluding carboxylic acids is 1. The summed E-state index contributed by atoms with van der Waals surface area (Å²) in [6.45, 7) is 0.0659. The van der Waals surface area contributed by atoms with E-state index in [1.165, 1.54) is 7.11 Å². The molecule has 0 radical (unpaired) electrons. The van der Waals surface area contributed by atoms with Crippen LogP contribution in [0.1, 0.15) is 25.7 Å². The number of esters is 1. The van der Waals surface area contributed by atoms with Gasteiger partial charge in [0.2, 0.25) is 0 Å². The van der Waals surface area contributed by atoms with Crippen molar-refractivity contribution < 1.29 is 14.3 Å². The molecule has 0 aromatic heterocycles. The third-order valence-corrected chi connectivity index (χ3v) is 2.38. The van der Waals surface area contributed by atoms with Gasteiger partial charge in [0.1, 0.15) is 6.61 Å². The van der Waals surface area contributed by atoms with E-state index in [0.29, 0.717) is 6.04 Å². The van der Waals surface area contributed by atoms with Crippen LogP contribution >= 0.6 is 12.4 Å². The fourth-order valence-corrected chi connectivity index (χ4v) is 1.50. The predicted molar refractivity (Wildman–Crippen MR) is 55.4 cm³/mol. The summed E-state index contributed by atoms with van der Waals surface area (Å²) in [6, 6.07) is 0.318. The minimum absolute atomic E-state index is 0. The Labute approximate surface area is 90.5 Å². The molecule has 4 nitrogen and oxygen atoms in total. The molecule has 1 aliphatic carbocycles. The second kappa shape index (κ2) is 7.04. The lowest BCUT2D eigenvalue weighted by Crippen LogP contribution is -2.31. The predicted octanol–water partition coefficient (Wildman–Crippen LogP) is 0.868. The van der Waals surface area contributed by atoms with Gasteiger partial charge in [-0.25, -0.2) is 4.79 Å². The zero-order valence-electron chi connectivity index (χ0n) is 8.40. The summed E-state index contributed by atoms with van der Waals surface area (Å²) in [6.07, 6.45) is 4.09. The SMILES string of the molecule is COC(=O)COC1CCC(N)CC1.Cl. The quantitative estimate of drug-likeness (QED) is 0.722. The van der Waals surface area contributed by atoms with Gasteiger partial charge in [0.05, 0.1) is 13.2 Å². The largest absolute Gasteiger partial charge is 0.467 e. The van der Waals surface area contributed by atoms with Gasteiger partial charge in [0.25, 0.3) is 0 Å². The average Bonchev–Trinajstić information content (AvgIpc) is 2.16. The van der Waals surface area contributed by atoms with Crippen molar-refractivity contribution in [3.8, 4) is 0 Å². The van der Waals surface area contributed by atoms with E-state index in [2.05, 4.69) is 4.74 Å². The fraction of sp³-hybridized carbons (Fsp3) is 0.889. The van der Waals surface area contributed by atoms with Crippen LogP contribution in [-0.4, -0.2) is 31.8 Å². The fourth-order valence-electron chi connectivity index (χ4n) is 1.50. The van der Waals surface area contributed by atoms with Gasteiger partial charge in [0, 0.05) is 6.04 Å². The van der Waals surface area contributed by atoms with Gasteiger partial charge in [-0.1, -0.05) is 0 Å². The van der Waals surface area contributed by atoms with Gasteiger partial charge in [-0.3, -0.25) is 0 Å². The normalized spacial score (nSPS) is 26.4. The maximum Gasteiger partial charge on any atom is 0.331 e. The zero-order valence-corrected chi connectivity index (χ0v) is 9.22. The number of nitrogens with two attached hydrogens (primary N) is 1. The van der Waals surface area contributed by atoms with Crippen LogP contribution in [0.3, 0.4) is 0 Å². The van der Waals surface area contributed by atoms with Gasteiger partial charge < -0.3 is 15.2 Å². The monoisotopic (exact) mass is 223 g/mol. The van der Waals surface area contributed by atoms with Gasteiger partial charge >= 0.3 is 5.97 Å². The van der Waals surface area contributed by atoms with Crippen molar-refractivity contribution in [1.82, 2.24) is 0 Å². The van der Waals surface area contributed by atoms with E-state index in [1.54, 1.807) is 0 Å². The third-order valence-electron chi connectivity index (χ3n) is 2.38. The van der Waals surface area contributed by atoms with Crippen molar-refractivity contribution in [3.63, 3.8) is 0 Å². The molecule has 0 aliphatic heterocycles. The third kappa shape index (κ3) is 4.79. The molecule has 1 aliphatic rings. The molecule has 0 aromatic carbocycles. The molecule has 0 heterocycles. The maximum atomic E-state index is 10.7. The number of ether oxygens (including phenoxy) is 2.